The Labute approximate surface area is 184 Å². The van der Waals surface area contributed by atoms with E-state index in [0.29, 0.717) is 23.2 Å². The van der Waals surface area contributed by atoms with Gasteiger partial charge in [0.2, 0.25) is 0 Å². The minimum atomic E-state index is -1.58. The van der Waals surface area contributed by atoms with E-state index in [1.807, 2.05) is 0 Å². The number of carboxylic acid groups (broad SMARTS) is 1. The molecule has 0 radical (unpaired) electrons. The van der Waals surface area contributed by atoms with E-state index in [9.17, 15) is 15.0 Å². The van der Waals surface area contributed by atoms with Gasteiger partial charge in [-0.15, -0.1) is 0 Å². The number of aliphatic hydroxyl groups is 1. The number of aliphatic carboxylic acids is 1. The maximum atomic E-state index is 11.2. The molecule has 4 aliphatic carbocycles. The molecule has 0 aromatic heterocycles. The first-order valence-corrected chi connectivity index (χ1v) is 13.1. The Kier molecular flexibility index (Phi) is 6.10. The molecule has 4 aliphatic rings. The van der Waals surface area contributed by atoms with E-state index in [1.165, 1.54) is 71.1 Å². The summed E-state index contributed by atoms with van der Waals surface area (Å²) in [4.78, 5) is 11.2. The van der Waals surface area contributed by atoms with E-state index < -0.39 is 11.6 Å². The van der Waals surface area contributed by atoms with Gasteiger partial charge in [-0.25, -0.2) is 4.79 Å². The average molecular weight is 419 g/mol. The predicted octanol–water partition coefficient (Wildman–Crippen LogP) is 6.68. The number of hydrogen-bond donors (Lipinski definition) is 2. The van der Waals surface area contributed by atoms with Crippen LogP contribution in [-0.4, -0.2) is 21.8 Å². The first-order chi connectivity index (χ1) is 14.1. The molecule has 3 heteroatoms. The monoisotopic (exact) mass is 418 g/mol. The Balaban J connectivity index is 1.42. The molecule has 0 amide bonds. The van der Waals surface area contributed by atoms with E-state index in [2.05, 4.69) is 20.8 Å². The molecule has 0 aromatic rings. The van der Waals surface area contributed by atoms with Crippen LogP contribution in [0.25, 0.3) is 0 Å². The third kappa shape index (κ3) is 3.65. The van der Waals surface area contributed by atoms with Crippen LogP contribution >= 0.6 is 0 Å². The van der Waals surface area contributed by atoms with Crippen molar-refractivity contribution in [3.05, 3.63) is 0 Å². The molecular formula is C27H46O3. The van der Waals surface area contributed by atoms with E-state index >= 15 is 0 Å². The highest BCUT2D eigenvalue weighted by Crippen LogP contribution is 2.68. The quantitative estimate of drug-likeness (QED) is 0.506. The van der Waals surface area contributed by atoms with Crippen molar-refractivity contribution >= 4 is 5.97 Å². The van der Waals surface area contributed by atoms with Gasteiger partial charge in [0.05, 0.1) is 0 Å². The summed E-state index contributed by atoms with van der Waals surface area (Å²) in [5.74, 6) is 4.13. The van der Waals surface area contributed by atoms with Crippen LogP contribution in [0.3, 0.4) is 0 Å². The standard InChI is InChI=1S/C27H46O3/c1-18(8-7-16-27(4,30)24(28)29)21-12-13-22-20-11-10-19-9-5-6-15-25(19,2)23(20)14-17-26(21,22)3/h18-23,30H,5-17H2,1-4H3,(H,28,29)/t18-,19+,20+,21-,22+,23+,25+,26-,27?/m1/s1. The molecule has 9 atom stereocenters. The summed E-state index contributed by atoms with van der Waals surface area (Å²) >= 11 is 0. The molecule has 4 rings (SSSR count). The Morgan fingerprint density at radius 3 is 2.47 bits per heavy atom. The van der Waals surface area contributed by atoms with Crippen LogP contribution in [0, 0.1) is 46.3 Å². The molecule has 0 aromatic carbocycles. The highest BCUT2D eigenvalue weighted by Gasteiger charge is 2.60. The largest absolute Gasteiger partial charge is 0.479 e. The van der Waals surface area contributed by atoms with Gasteiger partial charge >= 0.3 is 5.97 Å². The van der Waals surface area contributed by atoms with E-state index in [-0.39, 0.29) is 0 Å². The molecule has 3 nitrogen and oxygen atoms in total. The maximum Gasteiger partial charge on any atom is 0.335 e. The smallest absolute Gasteiger partial charge is 0.335 e. The van der Waals surface area contributed by atoms with Crippen molar-refractivity contribution in [3.8, 4) is 0 Å². The number of carboxylic acids is 1. The van der Waals surface area contributed by atoms with Crippen molar-refractivity contribution in [1.82, 2.24) is 0 Å². The van der Waals surface area contributed by atoms with Gasteiger partial charge in [-0.05, 0) is 117 Å². The van der Waals surface area contributed by atoms with E-state index in [0.717, 1.165) is 42.4 Å². The second kappa shape index (κ2) is 8.09. The molecule has 30 heavy (non-hydrogen) atoms. The topological polar surface area (TPSA) is 57.5 Å². The summed E-state index contributed by atoms with van der Waals surface area (Å²) in [6, 6.07) is 0. The zero-order chi connectivity index (χ0) is 21.7. The molecular weight excluding hydrogens is 372 g/mol. The van der Waals surface area contributed by atoms with Gasteiger partial charge in [-0.2, -0.15) is 0 Å². The summed E-state index contributed by atoms with van der Waals surface area (Å²) < 4.78 is 0. The van der Waals surface area contributed by atoms with Gasteiger partial charge in [-0.1, -0.05) is 40.0 Å². The lowest BCUT2D eigenvalue weighted by molar-refractivity contribution is -0.157. The van der Waals surface area contributed by atoms with Crippen LogP contribution in [0.5, 0.6) is 0 Å². The molecule has 1 unspecified atom stereocenters. The Hall–Kier alpha value is -0.570. The van der Waals surface area contributed by atoms with Gasteiger partial charge < -0.3 is 10.2 Å². The maximum absolute atomic E-state index is 11.2. The van der Waals surface area contributed by atoms with Gasteiger partial charge in [0.25, 0.3) is 0 Å². The van der Waals surface area contributed by atoms with Crippen LogP contribution < -0.4 is 0 Å². The summed E-state index contributed by atoms with van der Waals surface area (Å²) in [6.07, 6.45) is 16.7. The van der Waals surface area contributed by atoms with E-state index in [1.54, 1.807) is 0 Å². The van der Waals surface area contributed by atoms with Crippen LogP contribution in [0.1, 0.15) is 111 Å². The number of carbonyl (C=O) groups is 1. The summed E-state index contributed by atoms with van der Waals surface area (Å²) in [6.45, 7) is 9.13. The third-order valence-corrected chi connectivity index (χ3v) is 11.1. The Morgan fingerprint density at radius 2 is 1.73 bits per heavy atom. The number of hydrogen-bond acceptors (Lipinski definition) is 2. The summed E-state index contributed by atoms with van der Waals surface area (Å²) in [7, 11) is 0. The Bertz CT molecular complexity index is 642. The second-order valence-corrected chi connectivity index (χ2v) is 12.6. The molecule has 172 valence electrons. The minimum Gasteiger partial charge on any atom is -0.479 e. The van der Waals surface area contributed by atoms with Crippen molar-refractivity contribution in [3.63, 3.8) is 0 Å². The van der Waals surface area contributed by atoms with E-state index in [4.69, 9.17) is 0 Å². The fraction of sp³-hybridized carbons (Fsp3) is 0.963. The fourth-order valence-electron chi connectivity index (χ4n) is 9.35. The molecule has 4 fully saturated rings. The molecule has 0 bridgehead atoms. The molecule has 0 heterocycles. The zero-order valence-corrected chi connectivity index (χ0v) is 20.0. The predicted molar refractivity (Wildman–Crippen MR) is 121 cm³/mol. The van der Waals surface area contributed by atoms with Crippen LogP contribution in [0.2, 0.25) is 0 Å². The van der Waals surface area contributed by atoms with Gasteiger partial charge in [0, 0.05) is 0 Å². The lowest BCUT2D eigenvalue weighted by Crippen LogP contribution is -2.53. The van der Waals surface area contributed by atoms with Crippen molar-refractivity contribution in [2.75, 3.05) is 0 Å². The second-order valence-electron chi connectivity index (χ2n) is 12.6. The normalized spacial score (nSPS) is 46.2. The Morgan fingerprint density at radius 1 is 1.00 bits per heavy atom. The van der Waals surface area contributed by atoms with Crippen LogP contribution in [0.15, 0.2) is 0 Å². The van der Waals surface area contributed by atoms with Crippen LogP contribution in [-0.2, 0) is 4.79 Å². The lowest BCUT2D eigenvalue weighted by atomic mass is 9.44. The first kappa shape index (κ1) is 22.6. The van der Waals surface area contributed by atoms with Crippen LogP contribution in [0.4, 0.5) is 0 Å². The summed E-state index contributed by atoms with van der Waals surface area (Å²) in [5, 5.41) is 19.2. The number of rotatable bonds is 6. The molecule has 0 aliphatic heterocycles. The molecule has 0 spiro atoms. The first-order valence-electron chi connectivity index (χ1n) is 13.1. The molecule has 0 saturated heterocycles. The third-order valence-electron chi connectivity index (χ3n) is 11.1. The molecule has 4 saturated carbocycles. The van der Waals surface area contributed by atoms with Gasteiger partial charge in [-0.3, -0.25) is 0 Å². The van der Waals surface area contributed by atoms with Crippen molar-refractivity contribution in [2.24, 2.45) is 46.3 Å². The van der Waals surface area contributed by atoms with Crippen molar-refractivity contribution in [2.45, 2.75) is 117 Å². The zero-order valence-electron chi connectivity index (χ0n) is 20.0. The number of fused-ring (bicyclic) bond motifs is 5. The van der Waals surface area contributed by atoms with Gasteiger partial charge in [0.1, 0.15) is 0 Å². The highest BCUT2D eigenvalue weighted by molar-refractivity contribution is 5.76. The summed E-state index contributed by atoms with van der Waals surface area (Å²) in [5.41, 5.74) is -0.476. The molecule has 2 N–H and O–H groups in total. The lowest BCUT2D eigenvalue weighted by Gasteiger charge is -2.61. The van der Waals surface area contributed by atoms with Gasteiger partial charge in [0.15, 0.2) is 5.60 Å². The van der Waals surface area contributed by atoms with Crippen molar-refractivity contribution < 1.29 is 15.0 Å². The average Bonchev–Trinajstić information content (AvgIpc) is 3.04. The minimum absolute atomic E-state index is 0.365. The fourth-order valence-corrected chi connectivity index (χ4v) is 9.35. The SMILES string of the molecule is C[C@H](CCCC(C)(O)C(=O)O)[C@H]1CC[C@H]2[C@@H]3CC[C@@H]4CCCC[C@]4(C)[C@H]3CC[C@]12C. The highest BCUT2D eigenvalue weighted by atomic mass is 16.4. The van der Waals surface area contributed by atoms with Crippen molar-refractivity contribution in [1.29, 1.82) is 0 Å².